The van der Waals surface area contributed by atoms with E-state index in [1.54, 1.807) is 0 Å². The number of thioether (sulfide) groups is 1. The van der Waals surface area contributed by atoms with Gasteiger partial charge in [-0.3, -0.25) is 9.32 Å². The molecule has 1 heterocycles. The Morgan fingerprint density at radius 3 is 2.69 bits per heavy atom. The molecule has 0 unspecified atom stereocenters. The van der Waals surface area contributed by atoms with Gasteiger partial charge in [-0.05, 0) is 39.9 Å². The normalized spacial score (nSPS) is 10.5. The molecule has 0 bridgehead atoms. The fourth-order valence-electron chi connectivity index (χ4n) is 2.51. The summed E-state index contributed by atoms with van der Waals surface area (Å²) in [5, 5.41) is 14.6. The predicted molar refractivity (Wildman–Crippen MR) is 105 cm³/mol. The van der Waals surface area contributed by atoms with Crippen LogP contribution in [0.1, 0.15) is 16.8 Å². The number of carbonyl (C=O) groups is 2. The Labute approximate surface area is 169 Å². The molecular formula is C19H18N3O6S+. The lowest BCUT2D eigenvalue weighted by Gasteiger charge is -2.10. The summed E-state index contributed by atoms with van der Waals surface area (Å²) in [6.45, 7) is 0. The number of nitrogens with zero attached hydrogens (tertiary/aromatic N) is 1. The molecule has 0 aliphatic heterocycles. The minimum absolute atomic E-state index is 0.0556. The first kappa shape index (κ1) is 20.2. The molecule has 9 nitrogen and oxygen atoms in total. The SMILES string of the molecule is COc1cc(C(=O)O)ccc1NC(=O)CCSc1c(=O)o[nH][n+]1-c1ccccc1. The third-order valence-corrected chi connectivity index (χ3v) is 4.94. The van der Waals surface area contributed by atoms with E-state index in [4.69, 9.17) is 14.4 Å². The van der Waals surface area contributed by atoms with Crippen LogP contribution in [0.15, 0.2) is 62.9 Å². The molecule has 0 saturated carbocycles. The maximum atomic E-state index is 12.3. The van der Waals surface area contributed by atoms with Gasteiger partial charge in [0.05, 0.1) is 18.4 Å². The average molecular weight is 416 g/mol. The number of amides is 1. The van der Waals surface area contributed by atoms with Crippen LogP contribution in [-0.2, 0) is 4.79 Å². The number of carbonyl (C=O) groups excluding carboxylic acids is 1. The van der Waals surface area contributed by atoms with Crippen molar-refractivity contribution in [3.05, 3.63) is 64.5 Å². The summed E-state index contributed by atoms with van der Waals surface area (Å²) in [6.07, 6.45) is 0.119. The number of ether oxygens (including phenoxy) is 1. The first-order valence-electron chi connectivity index (χ1n) is 8.52. The topological polar surface area (TPSA) is 126 Å². The summed E-state index contributed by atoms with van der Waals surface area (Å²) in [5.74, 6) is -0.810. The second kappa shape index (κ2) is 9.11. The maximum Gasteiger partial charge on any atom is 0.442 e. The van der Waals surface area contributed by atoms with Gasteiger partial charge in [0.2, 0.25) is 11.6 Å². The van der Waals surface area contributed by atoms with Gasteiger partial charge in [-0.25, -0.2) is 9.59 Å². The number of anilines is 1. The molecule has 29 heavy (non-hydrogen) atoms. The summed E-state index contributed by atoms with van der Waals surface area (Å²) >= 11 is 1.19. The molecule has 0 atom stereocenters. The van der Waals surface area contributed by atoms with Crippen LogP contribution in [-0.4, -0.2) is 35.1 Å². The van der Waals surface area contributed by atoms with E-state index in [0.29, 0.717) is 16.5 Å². The second-order valence-corrected chi connectivity index (χ2v) is 6.91. The number of aromatic carboxylic acids is 1. The van der Waals surface area contributed by atoms with Crippen molar-refractivity contribution >= 4 is 29.3 Å². The summed E-state index contributed by atoms with van der Waals surface area (Å²) in [4.78, 5) is 35.2. The van der Waals surface area contributed by atoms with Crippen LogP contribution in [0.3, 0.4) is 0 Å². The number of benzene rings is 2. The Morgan fingerprint density at radius 1 is 1.24 bits per heavy atom. The first-order chi connectivity index (χ1) is 14.0. The van der Waals surface area contributed by atoms with Crippen molar-refractivity contribution in [2.24, 2.45) is 0 Å². The molecule has 0 spiro atoms. The number of carboxylic acid groups (broad SMARTS) is 1. The van der Waals surface area contributed by atoms with Gasteiger partial charge in [0.1, 0.15) is 5.75 Å². The summed E-state index contributed by atoms with van der Waals surface area (Å²) < 4.78 is 11.5. The van der Waals surface area contributed by atoms with Crippen LogP contribution < -0.4 is 20.4 Å². The number of hydrogen-bond acceptors (Lipinski definition) is 6. The van der Waals surface area contributed by atoms with Crippen molar-refractivity contribution in [2.75, 3.05) is 18.2 Å². The highest BCUT2D eigenvalue weighted by Gasteiger charge is 2.24. The third kappa shape index (κ3) is 4.85. The van der Waals surface area contributed by atoms with Crippen molar-refractivity contribution in [3.63, 3.8) is 0 Å². The average Bonchev–Trinajstić information content (AvgIpc) is 3.09. The highest BCUT2D eigenvalue weighted by Crippen LogP contribution is 2.26. The number of rotatable bonds is 8. The largest absolute Gasteiger partial charge is 0.495 e. The lowest BCUT2D eigenvalue weighted by Crippen LogP contribution is -2.36. The monoisotopic (exact) mass is 416 g/mol. The van der Waals surface area contributed by atoms with Crippen LogP contribution in [0.4, 0.5) is 5.69 Å². The zero-order valence-electron chi connectivity index (χ0n) is 15.4. The third-order valence-electron chi connectivity index (χ3n) is 3.91. The molecule has 10 heteroatoms. The Balaban J connectivity index is 1.62. The van der Waals surface area contributed by atoms with Crippen molar-refractivity contribution < 1.29 is 28.6 Å². The number of H-pyrrole nitrogens is 1. The molecule has 150 valence electrons. The van der Waals surface area contributed by atoms with Gasteiger partial charge >= 0.3 is 16.6 Å². The van der Waals surface area contributed by atoms with E-state index < -0.39 is 11.6 Å². The van der Waals surface area contributed by atoms with Crippen LogP contribution >= 0.6 is 11.8 Å². The second-order valence-electron chi connectivity index (χ2n) is 5.82. The van der Waals surface area contributed by atoms with Gasteiger partial charge in [-0.15, -0.1) is 0 Å². The van der Waals surface area contributed by atoms with E-state index in [-0.39, 0.29) is 23.6 Å². The molecule has 0 aliphatic carbocycles. The van der Waals surface area contributed by atoms with Gasteiger partial charge in [0.25, 0.3) is 0 Å². The summed E-state index contributed by atoms with van der Waals surface area (Å²) in [6, 6.07) is 13.3. The van der Waals surface area contributed by atoms with E-state index in [0.717, 1.165) is 5.69 Å². The Hall–Kier alpha value is -3.53. The number of methoxy groups -OCH3 is 1. The molecule has 0 radical (unpaired) electrons. The van der Waals surface area contributed by atoms with Crippen molar-refractivity contribution in [1.29, 1.82) is 0 Å². The van der Waals surface area contributed by atoms with Crippen LogP contribution in [0.2, 0.25) is 0 Å². The fraction of sp³-hybridized carbons (Fsp3) is 0.158. The van der Waals surface area contributed by atoms with E-state index in [9.17, 15) is 14.4 Å². The Morgan fingerprint density at radius 2 is 2.00 bits per heavy atom. The number of aromatic nitrogens is 2. The number of carboxylic acids is 1. The molecule has 3 aromatic rings. The molecule has 1 aromatic heterocycles. The Bertz CT molecular complexity index is 1080. The molecule has 3 N–H and O–H groups in total. The van der Waals surface area contributed by atoms with Gasteiger partial charge in [-0.1, -0.05) is 18.2 Å². The van der Waals surface area contributed by atoms with Crippen LogP contribution in [0, 0.1) is 0 Å². The van der Waals surface area contributed by atoms with Crippen molar-refractivity contribution in [1.82, 2.24) is 5.27 Å². The molecule has 0 saturated heterocycles. The highest BCUT2D eigenvalue weighted by molar-refractivity contribution is 7.99. The fourth-order valence-corrected chi connectivity index (χ4v) is 3.43. The first-order valence-corrected chi connectivity index (χ1v) is 9.51. The van der Waals surface area contributed by atoms with E-state index in [1.165, 1.54) is 41.8 Å². The van der Waals surface area contributed by atoms with Crippen molar-refractivity contribution in [3.8, 4) is 11.4 Å². The number of nitrogens with one attached hydrogen (secondary N) is 2. The zero-order chi connectivity index (χ0) is 20.8. The van der Waals surface area contributed by atoms with E-state index in [2.05, 4.69) is 10.6 Å². The molecule has 2 aromatic carbocycles. The highest BCUT2D eigenvalue weighted by atomic mass is 32.2. The van der Waals surface area contributed by atoms with E-state index in [1.807, 2.05) is 30.3 Å². The van der Waals surface area contributed by atoms with Crippen molar-refractivity contribution in [2.45, 2.75) is 11.4 Å². The number of para-hydroxylation sites is 1. The quantitative estimate of drug-likeness (QED) is 0.379. The molecule has 0 fully saturated rings. The van der Waals surface area contributed by atoms with Gasteiger partial charge < -0.3 is 15.2 Å². The van der Waals surface area contributed by atoms with Gasteiger partial charge in [0.15, 0.2) is 0 Å². The number of hydrogen-bond donors (Lipinski definition) is 3. The lowest BCUT2D eigenvalue weighted by atomic mass is 10.2. The van der Waals surface area contributed by atoms with Gasteiger partial charge in [-0.2, -0.15) is 0 Å². The smallest absolute Gasteiger partial charge is 0.442 e. The minimum atomic E-state index is -1.09. The summed E-state index contributed by atoms with van der Waals surface area (Å²) in [5.41, 5.74) is 0.631. The lowest BCUT2D eigenvalue weighted by molar-refractivity contribution is -0.704. The van der Waals surface area contributed by atoms with Crippen LogP contribution in [0.5, 0.6) is 5.75 Å². The van der Waals surface area contributed by atoms with E-state index >= 15 is 0 Å². The Kier molecular flexibility index (Phi) is 6.35. The minimum Gasteiger partial charge on any atom is -0.495 e. The molecule has 0 aliphatic rings. The van der Waals surface area contributed by atoms with Gasteiger partial charge in [0, 0.05) is 24.3 Å². The molecular weight excluding hydrogens is 398 g/mol. The number of aromatic amines is 1. The predicted octanol–water partition coefficient (Wildman–Crippen LogP) is 2.07. The maximum absolute atomic E-state index is 12.3. The zero-order valence-corrected chi connectivity index (χ0v) is 16.2. The standard InChI is InChI=1S/C19H17N3O6S/c1-27-15-11-12(18(24)25)7-8-14(15)20-16(23)9-10-29-17-19(26)28-21-22(17)13-5-3-2-4-6-13/h2-8,11H,9-10H2,1H3,(H2-,20,21,23,24,25,26)/p+1. The molecule has 3 rings (SSSR count). The summed E-state index contributed by atoms with van der Waals surface area (Å²) in [7, 11) is 1.39. The molecule has 1 amide bonds. The van der Waals surface area contributed by atoms with Crippen LogP contribution in [0.25, 0.3) is 5.69 Å².